The molecule has 2 aromatic rings. The number of anilines is 1. The highest BCUT2D eigenvalue weighted by atomic mass is 35.5. The fourth-order valence-electron chi connectivity index (χ4n) is 2.48. The van der Waals surface area contributed by atoms with Crippen molar-refractivity contribution in [3.63, 3.8) is 0 Å². The smallest absolute Gasteiger partial charge is 0.316 e. The summed E-state index contributed by atoms with van der Waals surface area (Å²) in [5.74, 6) is -0.979. The van der Waals surface area contributed by atoms with E-state index in [9.17, 15) is 14.4 Å². The number of amides is 2. The molecule has 0 aliphatic rings. The minimum Gasteiger partial charge on any atom is -0.455 e. The number of thioether (sulfide) groups is 1. The van der Waals surface area contributed by atoms with Gasteiger partial charge in [-0.2, -0.15) is 0 Å². The fraction of sp³-hybridized carbons (Fsp3) is 0.286. The molecule has 154 valence electrons. The fourth-order valence-corrected chi connectivity index (χ4v) is 3.30. The number of rotatable bonds is 9. The molecule has 0 atom stereocenters. The Hall–Kier alpha value is -2.51. The van der Waals surface area contributed by atoms with E-state index in [4.69, 9.17) is 16.3 Å². The van der Waals surface area contributed by atoms with Gasteiger partial charge in [0.25, 0.3) is 11.8 Å². The number of hydrogen-bond donors (Lipinski definition) is 1. The van der Waals surface area contributed by atoms with Crippen molar-refractivity contribution < 1.29 is 19.1 Å². The van der Waals surface area contributed by atoms with Crippen LogP contribution in [0, 0.1) is 0 Å². The Labute approximate surface area is 179 Å². The average molecular weight is 435 g/mol. The van der Waals surface area contributed by atoms with Gasteiger partial charge >= 0.3 is 5.97 Å². The van der Waals surface area contributed by atoms with Crippen molar-refractivity contribution in [3.8, 4) is 0 Å². The Morgan fingerprint density at radius 3 is 2.41 bits per heavy atom. The van der Waals surface area contributed by atoms with Crippen LogP contribution in [-0.4, -0.2) is 48.1 Å². The van der Waals surface area contributed by atoms with Crippen molar-refractivity contribution in [2.24, 2.45) is 0 Å². The zero-order valence-electron chi connectivity index (χ0n) is 16.3. The molecule has 0 fully saturated rings. The van der Waals surface area contributed by atoms with Crippen molar-refractivity contribution in [1.29, 1.82) is 0 Å². The maximum Gasteiger partial charge on any atom is 0.316 e. The molecule has 0 aromatic heterocycles. The molecule has 0 spiro atoms. The first kappa shape index (κ1) is 22.8. The van der Waals surface area contributed by atoms with E-state index in [1.165, 1.54) is 11.8 Å². The van der Waals surface area contributed by atoms with Gasteiger partial charge in [0.15, 0.2) is 6.61 Å². The van der Waals surface area contributed by atoms with Crippen molar-refractivity contribution in [2.75, 3.05) is 30.8 Å². The SMILES string of the molecule is CCN(CC)C(=O)c1cccc(NC(=O)COC(=O)CSc2ccc(Cl)cc2)c1. The number of nitrogens with zero attached hydrogens (tertiary/aromatic N) is 1. The molecule has 0 saturated heterocycles. The first-order valence-electron chi connectivity index (χ1n) is 9.16. The van der Waals surface area contributed by atoms with Gasteiger partial charge in [-0.3, -0.25) is 14.4 Å². The topological polar surface area (TPSA) is 75.7 Å². The predicted octanol–water partition coefficient (Wildman–Crippen LogP) is 4.10. The second-order valence-electron chi connectivity index (χ2n) is 6.01. The van der Waals surface area contributed by atoms with Crippen molar-refractivity contribution in [3.05, 3.63) is 59.1 Å². The quantitative estimate of drug-likeness (QED) is 0.475. The molecule has 0 radical (unpaired) electrons. The summed E-state index contributed by atoms with van der Waals surface area (Å²) in [4.78, 5) is 38.9. The molecular weight excluding hydrogens is 412 g/mol. The van der Waals surface area contributed by atoms with Crippen LogP contribution in [0.15, 0.2) is 53.4 Å². The molecule has 0 aliphatic carbocycles. The van der Waals surface area contributed by atoms with E-state index in [1.54, 1.807) is 53.4 Å². The molecule has 8 heteroatoms. The summed E-state index contributed by atoms with van der Waals surface area (Å²) in [6.07, 6.45) is 0. The standard InChI is InChI=1S/C21H23ClN2O4S/c1-3-24(4-2)21(27)15-6-5-7-17(12-15)23-19(25)13-28-20(26)14-29-18-10-8-16(22)9-11-18/h5-12H,3-4,13-14H2,1-2H3,(H,23,25). The van der Waals surface area contributed by atoms with Gasteiger partial charge in [0.05, 0.1) is 5.75 Å². The van der Waals surface area contributed by atoms with Gasteiger partial charge in [-0.1, -0.05) is 17.7 Å². The van der Waals surface area contributed by atoms with Crippen LogP contribution < -0.4 is 5.32 Å². The summed E-state index contributed by atoms with van der Waals surface area (Å²) in [7, 11) is 0. The number of halogens is 1. The molecular formula is C21H23ClN2O4S. The number of nitrogens with one attached hydrogen (secondary N) is 1. The van der Waals surface area contributed by atoms with Gasteiger partial charge in [-0.05, 0) is 56.3 Å². The van der Waals surface area contributed by atoms with E-state index in [-0.39, 0.29) is 11.7 Å². The number of hydrogen-bond acceptors (Lipinski definition) is 5. The van der Waals surface area contributed by atoms with E-state index in [0.29, 0.717) is 29.4 Å². The van der Waals surface area contributed by atoms with Crippen LogP contribution in [0.25, 0.3) is 0 Å². The molecule has 1 N–H and O–H groups in total. The van der Waals surface area contributed by atoms with Crippen LogP contribution in [-0.2, 0) is 14.3 Å². The second-order valence-corrected chi connectivity index (χ2v) is 7.49. The van der Waals surface area contributed by atoms with E-state index < -0.39 is 18.5 Å². The Morgan fingerprint density at radius 2 is 1.76 bits per heavy atom. The summed E-state index contributed by atoms with van der Waals surface area (Å²) in [6.45, 7) is 4.64. The van der Waals surface area contributed by atoms with Gasteiger partial charge in [0.2, 0.25) is 0 Å². The number of esters is 1. The number of carbonyl (C=O) groups excluding carboxylic acids is 3. The third kappa shape index (κ3) is 7.44. The lowest BCUT2D eigenvalue weighted by atomic mass is 10.1. The second kappa shape index (κ2) is 11.5. The Kier molecular flexibility index (Phi) is 9.02. The minimum absolute atomic E-state index is 0.0861. The highest BCUT2D eigenvalue weighted by Gasteiger charge is 2.14. The lowest BCUT2D eigenvalue weighted by Crippen LogP contribution is -2.30. The highest BCUT2D eigenvalue weighted by molar-refractivity contribution is 8.00. The number of benzene rings is 2. The average Bonchev–Trinajstić information content (AvgIpc) is 2.73. The minimum atomic E-state index is -0.495. The Bertz CT molecular complexity index is 854. The van der Waals surface area contributed by atoms with Gasteiger partial charge in [0.1, 0.15) is 0 Å². The zero-order chi connectivity index (χ0) is 21.2. The first-order valence-corrected chi connectivity index (χ1v) is 10.5. The molecule has 2 aromatic carbocycles. The van der Waals surface area contributed by atoms with Gasteiger partial charge in [-0.15, -0.1) is 11.8 Å². The summed E-state index contributed by atoms with van der Waals surface area (Å²) in [5, 5.41) is 3.26. The van der Waals surface area contributed by atoms with Crippen molar-refractivity contribution in [1.82, 2.24) is 4.90 Å². The maximum absolute atomic E-state index is 12.4. The van der Waals surface area contributed by atoms with Gasteiger partial charge < -0.3 is 15.0 Å². The molecule has 2 rings (SSSR count). The summed E-state index contributed by atoms with van der Waals surface area (Å²) >= 11 is 7.11. The summed E-state index contributed by atoms with van der Waals surface area (Å²) in [5.41, 5.74) is 0.961. The zero-order valence-corrected chi connectivity index (χ0v) is 17.9. The monoisotopic (exact) mass is 434 g/mol. The highest BCUT2D eigenvalue weighted by Crippen LogP contribution is 2.20. The van der Waals surface area contributed by atoms with Gasteiger partial charge in [0, 0.05) is 34.3 Å². The molecule has 29 heavy (non-hydrogen) atoms. The maximum atomic E-state index is 12.4. The third-order valence-electron chi connectivity index (χ3n) is 3.98. The molecule has 0 unspecified atom stereocenters. The molecule has 2 amide bonds. The van der Waals surface area contributed by atoms with Crippen LogP contribution in [0.1, 0.15) is 24.2 Å². The largest absolute Gasteiger partial charge is 0.455 e. The van der Waals surface area contributed by atoms with E-state index >= 15 is 0 Å². The van der Waals surface area contributed by atoms with Crippen molar-refractivity contribution >= 4 is 46.8 Å². The summed E-state index contributed by atoms with van der Waals surface area (Å²) in [6, 6.07) is 13.8. The van der Waals surface area contributed by atoms with E-state index in [0.717, 1.165) is 4.90 Å². The molecule has 0 bridgehead atoms. The van der Waals surface area contributed by atoms with Crippen LogP contribution in [0.2, 0.25) is 5.02 Å². The van der Waals surface area contributed by atoms with E-state index in [1.807, 2.05) is 13.8 Å². The van der Waals surface area contributed by atoms with Gasteiger partial charge in [-0.25, -0.2) is 0 Å². The number of ether oxygens (including phenoxy) is 1. The van der Waals surface area contributed by atoms with Crippen LogP contribution in [0.5, 0.6) is 0 Å². The van der Waals surface area contributed by atoms with Crippen LogP contribution in [0.3, 0.4) is 0 Å². The first-order chi connectivity index (χ1) is 13.9. The summed E-state index contributed by atoms with van der Waals surface area (Å²) < 4.78 is 5.00. The normalized spacial score (nSPS) is 10.3. The molecule has 0 aliphatic heterocycles. The Balaban J connectivity index is 1.81. The lowest BCUT2D eigenvalue weighted by molar-refractivity contribution is -0.144. The Morgan fingerprint density at radius 1 is 1.07 bits per heavy atom. The third-order valence-corrected chi connectivity index (χ3v) is 5.22. The van der Waals surface area contributed by atoms with Crippen LogP contribution in [0.4, 0.5) is 5.69 Å². The molecule has 0 heterocycles. The molecule has 0 saturated carbocycles. The predicted molar refractivity (Wildman–Crippen MR) is 115 cm³/mol. The van der Waals surface area contributed by atoms with Crippen molar-refractivity contribution in [2.45, 2.75) is 18.7 Å². The van der Waals surface area contributed by atoms with Crippen LogP contribution >= 0.6 is 23.4 Å². The molecule has 6 nitrogen and oxygen atoms in total. The number of carbonyl (C=O) groups is 3. The lowest BCUT2D eigenvalue weighted by Gasteiger charge is -2.19. The van der Waals surface area contributed by atoms with E-state index in [2.05, 4.69) is 5.32 Å².